The van der Waals surface area contributed by atoms with Crippen molar-refractivity contribution in [3.05, 3.63) is 50.7 Å². The van der Waals surface area contributed by atoms with Gasteiger partial charge in [-0.1, -0.05) is 11.6 Å². The first-order chi connectivity index (χ1) is 9.69. The third-order valence-corrected chi connectivity index (χ3v) is 5.58. The fourth-order valence-corrected chi connectivity index (χ4v) is 3.92. The molecular weight excluding hydrogens is 310 g/mol. The highest BCUT2D eigenvalue weighted by molar-refractivity contribution is 7.98. The fraction of sp³-hybridized carbons (Fsp3) is 0.267. The summed E-state index contributed by atoms with van der Waals surface area (Å²) in [4.78, 5) is 17.0. The zero-order chi connectivity index (χ0) is 14.1. The van der Waals surface area contributed by atoms with Crippen LogP contribution in [-0.2, 0) is 13.0 Å². The third-order valence-electron chi connectivity index (χ3n) is 3.50. The van der Waals surface area contributed by atoms with E-state index in [0.29, 0.717) is 17.1 Å². The van der Waals surface area contributed by atoms with Gasteiger partial charge in [0.1, 0.15) is 0 Å². The quantitative estimate of drug-likeness (QED) is 0.767. The summed E-state index contributed by atoms with van der Waals surface area (Å²) < 4.78 is 0. The summed E-state index contributed by atoms with van der Waals surface area (Å²) in [5.74, 6) is 0.0303. The Kier molecular flexibility index (Phi) is 4.06. The molecule has 1 aliphatic heterocycles. The molecule has 3 rings (SSSR count). The van der Waals surface area contributed by atoms with Crippen LogP contribution in [0.5, 0.6) is 0 Å². The van der Waals surface area contributed by atoms with Crippen LogP contribution in [0.4, 0.5) is 0 Å². The number of hydrogen-bond acceptors (Lipinski definition) is 3. The molecular formula is C15H14ClNOS2. The number of thiophene rings is 1. The minimum Gasteiger partial charge on any atom is -0.334 e. The Bertz CT molecular complexity index is 653. The summed E-state index contributed by atoms with van der Waals surface area (Å²) in [5, 5.41) is 2.63. The molecule has 0 saturated heterocycles. The minimum absolute atomic E-state index is 0.0303. The smallest absolute Gasteiger partial charge is 0.255 e. The van der Waals surface area contributed by atoms with Crippen molar-refractivity contribution in [2.75, 3.05) is 12.8 Å². The molecule has 104 valence electrons. The number of fused-ring (bicyclic) bond motifs is 1. The number of carbonyl (C=O) groups excluding carboxylic acids is 1. The molecule has 1 aromatic carbocycles. The number of thioether (sulfide) groups is 1. The van der Waals surface area contributed by atoms with E-state index < -0.39 is 0 Å². The van der Waals surface area contributed by atoms with Crippen LogP contribution < -0.4 is 0 Å². The predicted molar refractivity (Wildman–Crippen MR) is 86.0 cm³/mol. The van der Waals surface area contributed by atoms with E-state index in [9.17, 15) is 4.79 Å². The van der Waals surface area contributed by atoms with Crippen molar-refractivity contribution in [3.63, 3.8) is 0 Å². The van der Waals surface area contributed by atoms with Crippen molar-refractivity contribution < 1.29 is 4.79 Å². The van der Waals surface area contributed by atoms with Gasteiger partial charge in [-0.2, -0.15) is 0 Å². The van der Waals surface area contributed by atoms with E-state index in [2.05, 4.69) is 11.4 Å². The molecule has 1 amide bonds. The molecule has 20 heavy (non-hydrogen) atoms. The highest BCUT2D eigenvalue weighted by Gasteiger charge is 2.24. The van der Waals surface area contributed by atoms with Crippen molar-refractivity contribution in [1.29, 1.82) is 0 Å². The molecule has 0 bridgehead atoms. The molecule has 0 saturated carbocycles. The molecule has 2 aromatic rings. The van der Waals surface area contributed by atoms with Gasteiger partial charge in [-0.15, -0.1) is 23.1 Å². The van der Waals surface area contributed by atoms with Crippen LogP contribution in [0.25, 0.3) is 0 Å². The molecule has 0 spiro atoms. The molecule has 1 aliphatic rings. The standard InChI is InChI=1S/C15H14ClNOS2/c1-19-11-2-3-13(16)12(8-11)15(18)17-6-4-14-10(9-17)5-7-20-14/h2-3,5,7-8H,4,6,9H2,1H3. The topological polar surface area (TPSA) is 20.3 Å². The molecule has 5 heteroatoms. The van der Waals surface area contributed by atoms with Crippen LogP contribution >= 0.6 is 34.7 Å². The van der Waals surface area contributed by atoms with Crippen LogP contribution in [0.15, 0.2) is 34.5 Å². The highest BCUT2D eigenvalue weighted by Crippen LogP contribution is 2.28. The van der Waals surface area contributed by atoms with Gasteiger partial charge < -0.3 is 4.90 Å². The van der Waals surface area contributed by atoms with E-state index >= 15 is 0 Å². The lowest BCUT2D eigenvalue weighted by molar-refractivity contribution is 0.0736. The fourth-order valence-electron chi connectivity index (χ4n) is 2.39. The number of amides is 1. The van der Waals surface area contributed by atoms with E-state index in [1.165, 1.54) is 10.4 Å². The number of rotatable bonds is 2. The van der Waals surface area contributed by atoms with Gasteiger partial charge >= 0.3 is 0 Å². The van der Waals surface area contributed by atoms with Gasteiger partial charge in [-0.3, -0.25) is 4.79 Å². The maximum absolute atomic E-state index is 12.7. The number of halogens is 1. The summed E-state index contributed by atoms with van der Waals surface area (Å²) in [7, 11) is 0. The van der Waals surface area contributed by atoms with Gasteiger partial charge in [0.25, 0.3) is 5.91 Å². The Morgan fingerprint density at radius 2 is 2.25 bits per heavy atom. The summed E-state index contributed by atoms with van der Waals surface area (Å²) in [5.41, 5.74) is 1.88. The second kappa shape index (κ2) is 5.80. The lowest BCUT2D eigenvalue weighted by Crippen LogP contribution is -2.35. The van der Waals surface area contributed by atoms with Gasteiger partial charge in [0.2, 0.25) is 0 Å². The predicted octanol–water partition coefficient (Wildman–Crippen LogP) is 4.32. The molecule has 1 aromatic heterocycles. The highest BCUT2D eigenvalue weighted by atomic mass is 35.5. The Labute approximate surface area is 131 Å². The van der Waals surface area contributed by atoms with E-state index in [0.717, 1.165) is 17.9 Å². The average Bonchev–Trinajstić information content (AvgIpc) is 2.94. The van der Waals surface area contributed by atoms with Crippen LogP contribution in [-0.4, -0.2) is 23.6 Å². The lowest BCUT2D eigenvalue weighted by atomic mass is 10.1. The first kappa shape index (κ1) is 14.0. The molecule has 0 unspecified atom stereocenters. The monoisotopic (exact) mass is 323 g/mol. The first-order valence-corrected chi connectivity index (χ1v) is 8.85. The Balaban J connectivity index is 1.87. The van der Waals surface area contributed by atoms with Crippen molar-refractivity contribution in [2.24, 2.45) is 0 Å². The third kappa shape index (κ3) is 2.60. The maximum atomic E-state index is 12.7. The molecule has 0 radical (unpaired) electrons. The van der Waals surface area contributed by atoms with E-state index in [-0.39, 0.29) is 5.91 Å². The lowest BCUT2D eigenvalue weighted by Gasteiger charge is -2.27. The number of nitrogens with zero attached hydrogens (tertiary/aromatic N) is 1. The normalized spacial score (nSPS) is 14.2. The number of hydrogen-bond donors (Lipinski definition) is 0. The maximum Gasteiger partial charge on any atom is 0.255 e. The van der Waals surface area contributed by atoms with Crippen molar-refractivity contribution >= 4 is 40.6 Å². The average molecular weight is 324 g/mol. The zero-order valence-corrected chi connectivity index (χ0v) is 13.4. The van der Waals surface area contributed by atoms with Crippen LogP contribution in [0.2, 0.25) is 5.02 Å². The summed E-state index contributed by atoms with van der Waals surface area (Å²) >= 11 is 9.59. The Hall–Kier alpha value is -0.970. The van der Waals surface area contributed by atoms with Crippen molar-refractivity contribution in [1.82, 2.24) is 4.90 Å². The van der Waals surface area contributed by atoms with Gasteiger partial charge in [0, 0.05) is 22.9 Å². The summed E-state index contributed by atoms with van der Waals surface area (Å²) in [6.07, 6.45) is 2.94. The first-order valence-electron chi connectivity index (χ1n) is 6.37. The summed E-state index contributed by atoms with van der Waals surface area (Å²) in [6, 6.07) is 7.75. The Morgan fingerprint density at radius 1 is 1.40 bits per heavy atom. The molecule has 2 nitrogen and oxygen atoms in total. The molecule has 0 atom stereocenters. The van der Waals surface area contributed by atoms with Gasteiger partial charge in [0.15, 0.2) is 0 Å². The molecule has 0 fully saturated rings. The van der Waals surface area contributed by atoms with E-state index in [1.807, 2.05) is 23.3 Å². The SMILES string of the molecule is CSc1ccc(Cl)c(C(=O)N2CCc3sccc3C2)c1. The van der Waals surface area contributed by atoms with Gasteiger partial charge in [-0.05, 0) is 47.9 Å². The number of benzene rings is 1. The van der Waals surface area contributed by atoms with Crippen LogP contribution in [0, 0.1) is 0 Å². The zero-order valence-electron chi connectivity index (χ0n) is 11.1. The van der Waals surface area contributed by atoms with Crippen molar-refractivity contribution in [3.8, 4) is 0 Å². The second-order valence-electron chi connectivity index (χ2n) is 4.69. The van der Waals surface area contributed by atoms with Gasteiger partial charge in [-0.25, -0.2) is 0 Å². The number of carbonyl (C=O) groups is 1. The Morgan fingerprint density at radius 3 is 3.05 bits per heavy atom. The molecule has 2 heterocycles. The van der Waals surface area contributed by atoms with Gasteiger partial charge in [0.05, 0.1) is 10.6 Å². The van der Waals surface area contributed by atoms with E-state index in [4.69, 9.17) is 11.6 Å². The second-order valence-corrected chi connectivity index (χ2v) is 6.98. The van der Waals surface area contributed by atoms with Crippen LogP contribution in [0.1, 0.15) is 20.8 Å². The van der Waals surface area contributed by atoms with Crippen molar-refractivity contribution in [2.45, 2.75) is 17.9 Å². The largest absolute Gasteiger partial charge is 0.334 e. The minimum atomic E-state index is 0.0303. The van der Waals surface area contributed by atoms with Crippen LogP contribution in [0.3, 0.4) is 0 Å². The molecule has 0 aliphatic carbocycles. The molecule has 0 N–H and O–H groups in total. The summed E-state index contributed by atoms with van der Waals surface area (Å²) in [6.45, 7) is 1.46. The van der Waals surface area contributed by atoms with E-state index in [1.54, 1.807) is 29.2 Å².